The number of nitrogens with zero attached hydrogens (tertiary/aromatic N) is 2. The molecule has 0 saturated heterocycles. The minimum absolute atomic E-state index is 0.0409. The number of benzene rings is 1. The quantitative estimate of drug-likeness (QED) is 0.850. The number of aromatic amines is 1. The maximum atomic E-state index is 12.3. The van der Waals surface area contributed by atoms with E-state index >= 15 is 0 Å². The number of aromatic nitrogens is 3. The molecule has 0 saturated carbocycles. The largest absolute Gasteiger partial charge is 0.493 e. The van der Waals surface area contributed by atoms with Crippen LogP contribution in [0.1, 0.15) is 5.56 Å². The van der Waals surface area contributed by atoms with Gasteiger partial charge in [-0.15, -0.1) is 0 Å². The van der Waals surface area contributed by atoms with Gasteiger partial charge in [0, 0.05) is 6.07 Å². The fourth-order valence-corrected chi connectivity index (χ4v) is 2.90. The van der Waals surface area contributed by atoms with Gasteiger partial charge in [0.15, 0.2) is 11.5 Å². The van der Waals surface area contributed by atoms with E-state index < -0.39 is 10.0 Å². The van der Waals surface area contributed by atoms with Gasteiger partial charge in [-0.25, -0.2) is 18.2 Å². The van der Waals surface area contributed by atoms with Crippen LogP contribution in [0.5, 0.6) is 11.5 Å². The van der Waals surface area contributed by atoms with Crippen molar-refractivity contribution in [2.45, 2.75) is 11.8 Å². The Labute approximate surface area is 116 Å². The van der Waals surface area contributed by atoms with Crippen LogP contribution in [-0.2, 0) is 10.0 Å². The van der Waals surface area contributed by atoms with Crippen molar-refractivity contribution < 1.29 is 17.9 Å². The molecule has 0 radical (unpaired) electrons. The molecule has 1 aromatic heterocycles. The van der Waals surface area contributed by atoms with E-state index in [1.807, 2.05) is 0 Å². The monoisotopic (exact) mass is 298 g/mol. The molecule has 0 bridgehead atoms. The van der Waals surface area contributed by atoms with Crippen molar-refractivity contribution in [3.63, 3.8) is 0 Å². The topological polar surface area (TPSA) is 106 Å². The van der Waals surface area contributed by atoms with Gasteiger partial charge in [-0.3, -0.25) is 0 Å². The van der Waals surface area contributed by atoms with E-state index in [1.165, 1.54) is 26.6 Å². The average Bonchev–Trinajstić information content (AvgIpc) is 2.90. The van der Waals surface area contributed by atoms with Crippen molar-refractivity contribution in [1.82, 2.24) is 15.2 Å². The summed E-state index contributed by atoms with van der Waals surface area (Å²) >= 11 is 0. The Morgan fingerprint density at radius 3 is 2.40 bits per heavy atom. The third-order valence-electron chi connectivity index (χ3n) is 2.62. The minimum Gasteiger partial charge on any atom is -0.493 e. The molecule has 9 heteroatoms. The molecule has 0 aliphatic rings. The molecule has 0 spiro atoms. The zero-order valence-corrected chi connectivity index (χ0v) is 12.0. The molecule has 2 N–H and O–H groups in total. The first-order valence-corrected chi connectivity index (χ1v) is 7.07. The molecule has 108 valence electrons. The van der Waals surface area contributed by atoms with Crippen molar-refractivity contribution in [3.05, 3.63) is 24.0 Å². The van der Waals surface area contributed by atoms with Crippen molar-refractivity contribution in [1.29, 1.82) is 0 Å². The van der Waals surface area contributed by atoms with Crippen LogP contribution < -0.4 is 14.2 Å². The smallest absolute Gasteiger partial charge is 0.264 e. The molecule has 1 heterocycles. The summed E-state index contributed by atoms with van der Waals surface area (Å²) < 4.78 is 37.1. The van der Waals surface area contributed by atoms with Crippen molar-refractivity contribution in [2.75, 3.05) is 18.9 Å². The maximum Gasteiger partial charge on any atom is 0.264 e. The number of nitrogens with one attached hydrogen (secondary N) is 2. The highest BCUT2D eigenvalue weighted by Crippen LogP contribution is 2.32. The highest BCUT2D eigenvalue weighted by Gasteiger charge is 2.21. The van der Waals surface area contributed by atoms with Crippen LogP contribution in [0.2, 0.25) is 0 Å². The van der Waals surface area contributed by atoms with Crippen molar-refractivity contribution >= 4 is 16.0 Å². The number of hydrogen-bond acceptors (Lipinski definition) is 6. The van der Waals surface area contributed by atoms with Gasteiger partial charge in [0.25, 0.3) is 10.0 Å². The fourth-order valence-electron chi connectivity index (χ4n) is 1.69. The zero-order chi connectivity index (χ0) is 14.8. The molecular formula is C11H14N4O4S. The van der Waals surface area contributed by atoms with E-state index in [9.17, 15) is 8.42 Å². The number of methoxy groups -OCH3 is 2. The van der Waals surface area contributed by atoms with Crippen LogP contribution in [0.4, 0.5) is 5.95 Å². The first-order chi connectivity index (χ1) is 9.47. The SMILES string of the molecule is COc1cc(C)c(S(=O)(=O)Nc2ncn[nH]2)cc1OC. The van der Waals surface area contributed by atoms with E-state index in [-0.39, 0.29) is 10.8 Å². The summed E-state index contributed by atoms with van der Waals surface area (Å²) in [6.07, 6.45) is 1.21. The van der Waals surface area contributed by atoms with Crippen molar-refractivity contribution in [3.8, 4) is 11.5 Å². The second kappa shape index (κ2) is 5.37. The predicted molar refractivity (Wildman–Crippen MR) is 71.5 cm³/mol. The highest BCUT2D eigenvalue weighted by atomic mass is 32.2. The molecule has 0 fully saturated rings. The van der Waals surface area contributed by atoms with E-state index in [1.54, 1.807) is 13.0 Å². The van der Waals surface area contributed by atoms with Gasteiger partial charge in [0.1, 0.15) is 6.33 Å². The second-order valence-corrected chi connectivity index (χ2v) is 5.56. The Balaban J connectivity index is 2.46. The van der Waals surface area contributed by atoms with Crippen LogP contribution >= 0.6 is 0 Å². The summed E-state index contributed by atoms with van der Waals surface area (Å²) in [6.45, 7) is 1.66. The maximum absolute atomic E-state index is 12.3. The third-order valence-corrected chi connectivity index (χ3v) is 4.10. The number of sulfonamides is 1. The van der Waals surface area contributed by atoms with Gasteiger partial charge in [-0.1, -0.05) is 0 Å². The molecule has 20 heavy (non-hydrogen) atoms. The Kier molecular flexibility index (Phi) is 3.79. The molecule has 8 nitrogen and oxygen atoms in total. The molecule has 0 aliphatic carbocycles. The van der Waals surface area contributed by atoms with E-state index in [0.717, 1.165) is 0 Å². The highest BCUT2D eigenvalue weighted by molar-refractivity contribution is 7.92. The molecule has 0 aliphatic heterocycles. The number of aryl methyl sites for hydroxylation is 1. The Bertz CT molecular complexity index is 697. The number of rotatable bonds is 5. The summed E-state index contributed by atoms with van der Waals surface area (Å²) in [5, 5.41) is 6.00. The van der Waals surface area contributed by atoms with E-state index in [0.29, 0.717) is 17.1 Å². The lowest BCUT2D eigenvalue weighted by atomic mass is 10.2. The molecule has 0 unspecified atom stereocenters. The molecular weight excluding hydrogens is 284 g/mol. The normalized spacial score (nSPS) is 11.2. The van der Waals surface area contributed by atoms with Crippen molar-refractivity contribution in [2.24, 2.45) is 0 Å². The number of H-pyrrole nitrogens is 1. The summed E-state index contributed by atoms with van der Waals surface area (Å²) in [5.41, 5.74) is 0.523. The van der Waals surface area contributed by atoms with Gasteiger partial charge < -0.3 is 9.47 Å². The van der Waals surface area contributed by atoms with Crippen LogP contribution in [0.15, 0.2) is 23.4 Å². The number of ether oxygens (including phenoxy) is 2. The van der Waals surface area contributed by atoms with E-state index in [2.05, 4.69) is 19.9 Å². The van der Waals surface area contributed by atoms with Crippen LogP contribution in [0.25, 0.3) is 0 Å². The zero-order valence-electron chi connectivity index (χ0n) is 11.2. The molecule has 2 aromatic rings. The summed E-state index contributed by atoms with van der Waals surface area (Å²) in [5.74, 6) is 0.832. The van der Waals surface area contributed by atoms with Gasteiger partial charge in [-0.2, -0.15) is 10.1 Å². The standard InChI is InChI=1S/C11H14N4O4S/c1-7-4-8(18-2)9(19-3)5-10(7)20(16,17)15-11-12-6-13-14-11/h4-6H,1-3H3,(H2,12,13,14,15). The molecule has 2 rings (SSSR count). The van der Waals surface area contributed by atoms with Gasteiger partial charge in [0.2, 0.25) is 5.95 Å². The lowest BCUT2D eigenvalue weighted by molar-refractivity contribution is 0.353. The Hall–Kier alpha value is -2.29. The first-order valence-electron chi connectivity index (χ1n) is 5.58. The Morgan fingerprint density at radius 2 is 1.85 bits per heavy atom. The van der Waals surface area contributed by atoms with E-state index in [4.69, 9.17) is 9.47 Å². The van der Waals surface area contributed by atoms with Gasteiger partial charge in [-0.05, 0) is 18.6 Å². The summed E-state index contributed by atoms with van der Waals surface area (Å²) in [6, 6.07) is 2.99. The predicted octanol–water partition coefficient (Wildman–Crippen LogP) is 0.931. The van der Waals surface area contributed by atoms with Crippen LogP contribution in [-0.4, -0.2) is 37.8 Å². The Morgan fingerprint density at radius 1 is 1.20 bits per heavy atom. The lowest BCUT2D eigenvalue weighted by Crippen LogP contribution is -2.15. The lowest BCUT2D eigenvalue weighted by Gasteiger charge is -2.13. The first kappa shape index (κ1) is 14.1. The molecule has 0 atom stereocenters. The molecule has 1 aromatic carbocycles. The van der Waals surface area contributed by atoms with Crippen LogP contribution in [0.3, 0.4) is 0 Å². The third kappa shape index (κ3) is 2.67. The second-order valence-electron chi connectivity index (χ2n) is 3.91. The fraction of sp³-hybridized carbons (Fsp3) is 0.273. The summed E-state index contributed by atoms with van der Waals surface area (Å²) in [4.78, 5) is 3.80. The van der Waals surface area contributed by atoms with Gasteiger partial charge in [0.05, 0.1) is 19.1 Å². The summed E-state index contributed by atoms with van der Waals surface area (Å²) in [7, 11) is -0.868. The minimum atomic E-state index is -3.79. The number of hydrogen-bond donors (Lipinski definition) is 2. The molecule has 0 amide bonds. The van der Waals surface area contributed by atoms with Crippen LogP contribution in [0, 0.1) is 6.92 Å². The average molecular weight is 298 g/mol. The van der Waals surface area contributed by atoms with Gasteiger partial charge >= 0.3 is 0 Å². The number of anilines is 1.